The maximum atomic E-state index is 12.2. The summed E-state index contributed by atoms with van der Waals surface area (Å²) in [5.41, 5.74) is 4.80. The van der Waals surface area contributed by atoms with Crippen LogP contribution < -0.4 is 10.2 Å². The highest BCUT2D eigenvalue weighted by atomic mass is 16.1. The molecule has 1 N–H and O–H groups in total. The van der Waals surface area contributed by atoms with E-state index in [-0.39, 0.29) is 11.8 Å². The molecule has 1 aliphatic heterocycles. The van der Waals surface area contributed by atoms with Crippen LogP contribution >= 0.6 is 0 Å². The molecule has 0 spiro atoms. The Labute approximate surface area is 132 Å². The van der Waals surface area contributed by atoms with Crippen molar-refractivity contribution in [3.8, 4) is 0 Å². The number of anilines is 1. The molecular formula is C19H22N2O. The first kappa shape index (κ1) is 14.8. The lowest BCUT2D eigenvalue weighted by Crippen LogP contribution is -2.31. The molecule has 2 aromatic carbocycles. The molecule has 0 bridgehead atoms. The Hall–Kier alpha value is -2.13. The quantitative estimate of drug-likeness (QED) is 0.880. The zero-order valence-corrected chi connectivity index (χ0v) is 13.2. The lowest BCUT2D eigenvalue weighted by Gasteiger charge is -2.30. The first-order valence-electron chi connectivity index (χ1n) is 7.82. The second-order valence-electron chi connectivity index (χ2n) is 5.86. The molecule has 0 radical (unpaired) electrons. The molecule has 3 rings (SSSR count). The van der Waals surface area contributed by atoms with Gasteiger partial charge in [0.15, 0.2) is 5.78 Å². The first-order valence-corrected chi connectivity index (χ1v) is 7.82. The molecule has 3 nitrogen and oxygen atoms in total. The molecule has 1 heterocycles. The van der Waals surface area contributed by atoms with Gasteiger partial charge in [-0.3, -0.25) is 4.79 Å². The molecule has 0 aliphatic carbocycles. The van der Waals surface area contributed by atoms with Crippen LogP contribution in [0.5, 0.6) is 0 Å². The second-order valence-corrected chi connectivity index (χ2v) is 5.86. The molecule has 1 aliphatic rings. The maximum absolute atomic E-state index is 12.2. The molecule has 1 unspecified atom stereocenters. The molecule has 0 fully saturated rings. The highest BCUT2D eigenvalue weighted by molar-refractivity contribution is 6.00. The van der Waals surface area contributed by atoms with Crippen LogP contribution in [-0.4, -0.2) is 25.4 Å². The van der Waals surface area contributed by atoms with Crippen molar-refractivity contribution in [3.63, 3.8) is 0 Å². The average molecular weight is 294 g/mol. The largest absolute Gasteiger partial charge is 0.367 e. The van der Waals surface area contributed by atoms with Gasteiger partial charge in [0.05, 0.1) is 6.04 Å². The fourth-order valence-electron chi connectivity index (χ4n) is 2.93. The van der Waals surface area contributed by atoms with E-state index in [0.717, 1.165) is 25.1 Å². The summed E-state index contributed by atoms with van der Waals surface area (Å²) in [6, 6.07) is 16.5. The Balaban J connectivity index is 1.76. The van der Waals surface area contributed by atoms with Gasteiger partial charge < -0.3 is 10.2 Å². The predicted octanol–water partition coefficient (Wildman–Crippen LogP) is 3.04. The molecule has 0 saturated heterocycles. The number of fused-ring (bicyclic) bond motifs is 1. The van der Waals surface area contributed by atoms with Gasteiger partial charge in [-0.15, -0.1) is 0 Å². The molecule has 2 aromatic rings. The third-order valence-corrected chi connectivity index (χ3v) is 4.47. The summed E-state index contributed by atoms with van der Waals surface area (Å²) < 4.78 is 0. The highest BCUT2D eigenvalue weighted by Crippen LogP contribution is 2.24. The van der Waals surface area contributed by atoms with E-state index in [1.54, 1.807) is 0 Å². The van der Waals surface area contributed by atoms with Crippen molar-refractivity contribution in [2.45, 2.75) is 25.9 Å². The minimum absolute atomic E-state index is 0.137. The van der Waals surface area contributed by atoms with Crippen molar-refractivity contribution in [1.82, 2.24) is 5.32 Å². The van der Waals surface area contributed by atoms with E-state index in [1.807, 2.05) is 26.1 Å². The molecular weight excluding hydrogens is 272 g/mol. The van der Waals surface area contributed by atoms with E-state index in [2.05, 4.69) is 46.6 Å². The van der Waals surface area contributed by atoms with Crippen LogP contribution in [0, 0.1) is 0 Å². The van der Waals surface area contributed by atoms with E-state index in [4.69, 9.17) is 0 Å². The van der Waals surface area contributed by atoms with E-state index in [9.17, 15) is 4.79 Å². The zero-order chi connectivity index (χ0) is 15.5. The fourth-order valence-corrected chi connectivity index (χ4v) is 2.93. The number of ketones is 1. The predicted molar refractivity (Wildman–Crippen MR) is 90.5 cm³/mol. The molecule has 0 amide bonds. The maximum Gasteiger partial charge on any atom is 0.179 e. The van der Waals surface area contributed by atoms with Crippen molar-refractivity contribution in [1.29, 1.82) is 0 Å². The van der Waals surface area contributed by atoms with Crippen molar-refractivity contribution < 1.29 is 4.79 Å². The number of hydrogen-bond acceptors (Lipinski definition) is 3. The molecule has 0 aromatic heterocycles. The van der Waals surface area contributed by atoms with Crippen molar-refractivity contribution in [2.24, 2.45) is 0 Å². The summed E-state index contributed by atoms with van der Waals surface area (Å²) >= 11 is 0. The number of carbonyl (C=O) groups is 1. The topological polar surface area (TPSA) is 32.3 Å². The summed E-state index contributed by atoms with van der Waals surface area (Å²) in [7, 11) is 1.81. The van der Waals surface area contributed by atoms with Crippen LogP contribution in [0.15, 0.2) is 48.5 Å². The van der Waals surface area contributed by atoms with Crippen molar-refractivity contribution in [2.75, 3.05) is 18.5 Å². The van der Waals surface area contributed by atoms with Gasteiger partial charge in [0.25, 0.3) is 0 Å². The summed E-state index contributed by atoms with van der Waals surface area (Å²) in [4.78, 5) is 14.5. The number of Topliss-reactive ketones (excluding diaryl/α,β-unsaturated/α-hetero) is 1. The molecule has 114 valence electrons. The highest BCUT2D eigenvalue weighted by Gasteiger charge is 2.17. The monoisotopic (exact) mass is 294 g/mol. The van der Waals surface area contributed by atoms with E-state index in [0.29, 0.717) is 0 Å². The number of carbonyl (C=O) groups excluding carboxylic acids is 1. The van der Waals surface area contributed by atoms with Crippen LogP contribution in [0.2, 0.25) is 0 Å². The summed E-state index contributed by atoms with van der Waals surface area (Å²) in [6.07, 6.45) is 1.08. The first-order chi connectivity index (χ1) is 10.7. The Morgan fingerprint density at radius 2 is 1.77 bits per heavy atom. The van der Waals surface area contributed by atoms with E-state index < -0.39 is 0 Å². The van der Waals surface area contributed by atoms with Crippen LogP contribution in [0.25, 0.3) is 0 Å². The Kier molecular flexibility index (Phi) is 4.25. The number of rotatable bonds is 4. The minimum Gasteiger partial charge on any atom is -0.367 e. The van der Waals surface area contributed by atoms with Gasteiger partial charge in [-0.1, -0.05) is 24.3 Å². The van der Waals surface area contributed by atoms with Gasteiger partial charge in [-0.2, -0.15) is 0 Å². The number of nitrogens with one attached hydrogen (secondary N) is 1. The molecule has 22 heavy (non-hydrogen) atoms. The number of nitrogens with zero attached hydrogens (tertiary/aromatic N) is 1. The fraction of sp³-hybridized carbons (Fsp3) is 0.316. The van der Waals surface area contributed by atoms with Gasteiger partial charge in [0, 0.05) is 24.3 Å². The number of hydrogen-bond donors (Lipinski definition) is 1. The van der Waals surface area contributed by atoms with Crippen LogP contribution in [0.4, 0.5) is 5.69 Å². The van der Waals surface area contributed by atoms with Crippen molar-refractivity contribution in [3.05, 3.63) is 65.2 Å². The smallest absolute Gasteiger partial charge is 0.179 e. The zero-order valence-electron chi connectivity index (χ0n) is 13.2. The third kappa shape index (κ3) is 2.90. The Bertz CT molecular complexity index is 663. The average Bonchev–Trinajstić information content (AvgIpc) is 2.60. The Morgan fingerprint density at radius 1 is 1.09 bits per heavy atom. The van der Waals surface area contributed by atoms with Crippen LogP contribution in [-0.2, 0) is 13.0 Å². The van der Waals surface area contributed by atoms with Crippen molar-refractivity contribution >= 4 is 11.5 Å². The number of benzene rings is 2. The summed E-state index contributed by atoms with van der Waals surface area (Å²) in [5.74, 6) is 0.137. The van der Waals surface area contributed by atoms with Gasteiger partial charge in [-0.25, -0.2) is 0 Å². The molecule has 0 saturated carbocycles. The minimum atomic E-state index is -0.146. The van der Waals surface area contributed by atoms with Gasteiger partial charge >= 0.3 is 0 Å². The summed E-state index contributed by atoms with van der Waals surface area (Å²) in [6.45, 7) is 3.85. The van der Waals surface area contributed by atoms with E-state index >= 15 is 0 Å². The molecule has 1 atom stereocenters. The SMILES string of the molecule is CNC(C)C(=O)c1ccc(N2CCc3ccccc3C2)cc1. The van der Waals surface area contributed by atoms with Gasteiger partial charge in [-0.05, 0) is 55.8 Å². The second kappa shape index (κ2) is 6.32. The van der Waals surface area contributed by atoms with E-state index in [1.165, 1.54) is 16.8 Å². The molecule has 3 heteroatoms. The third-order valence-electron chi connectivity index (χ3n) is 4.47. The Morgan fingerprint density at radius 3 is 2.45 bits per heavy atom. The van der Waals surface area contributed by atoms with Crippen LogP contribution in [0.1, 0.15) is 28.4 Å². The lowest BCUT2D eigenvalue weighted by molar-refractivity contribution is 0.0955. The van der Waals surface area contributed by atoms with Gasteiger partial charge in [0.1, 0.15) is 0 Å². The van der Waals surface area contributed by atoms with Gasteiger partial charge in [0.2, 0.25) is 0 Å². The normalized spacial score (nSPS) is 15.3. The number of likely N-dealkylation sites (N-methyl/N-ethyl adjacent to an activating group) is 1. The lowest BCUT2D eigenvalue weighted by atomic mass is 9.99. The standard InChI is InChI=1S/C19H22N2O/c1-14(20-2)19(22)16-7-9-18(10-8-16)21-12-11-15-5-3-4-6-17(15)13-21/h3-10,14,20H,11-13H2,1-2H3. The summed E-state index contributed by atoms with van der Waals surface area (Å²) in [5, 5.41) is 2.99. The van der Waals surface area contributed by atoms with Crippen LogP contribution in [0.3, 0.4) is 0 Å².